The van der Waals surface area contributed by atoms with Gasteiger partial charge in [-0.25, -0.2) is 4.39 Å². The van der Waals surface area contributed by atoms with E-state index < -0.39 is 17.8 Å². The first-order valence-electron chi connectivity index (χ1n) is 4.90. The summed E-state index contributed by atoms with van der Waals surface area (Å²) in [5.41, 5.74) is 6.50. The summed E-state index contributed by atoms with van der Waals surface area (Å²) in [5.74, 6) is -1.53. The van der Waals surface area contributed by atoms with Crippen LogP contribution in [0.1, 0.15) is 18.1 Å². The molecule has 5 heteroatoms. The van der Waals surface area contributed by atoms with Crippen LogP contribution >= 0.6 is 11.6 Å². The number of carboxylic acid groups (broad SMARTS) is 1. The summed E-state index contributed by atoms with van der Waals surface area (Å²) in [6, 6.07) is 2.02. The van der Waals surface area contributed by atoms with Crippen molar-refractivity contribution in [3.63, 3.8) is 0 Å². The summed E-state index contributed by atoms with van der Waals surface area (Å²) in [4.78, 5) is 10.6. The molecule has 0 aliphatic carbocycles. The van der Waals surface area contributed by atoms with Crippen LogP contribution in [0.5, 0.6) is 0 Å². The van der Waals surface area contributed by atoms with Crippen molar-refractivity contribution >= 4 is 17.6 Å². The third kappa shape index (κ3) is 2.93. The zero-order chi connectivity index (χ0) is 12.3. The molecule has 0 amide bonds. The molecule has 0 radical (unpaired) electrons. The average Bonchev–Trinajstić information content (AvgIpc) is 2.22. The molecule has 1 rings (SSSR count). The fraction of sp³-hybridized carbons (Fsp3) is 0.364. The van der Waals surface area contributed by atoms with Crippen LogP contribution in [-0.2, 0) is 17.6 Å². The van der Waals surface area contributed by atoms with Crippen LogP contribution in [0.4, 0.5) is 4.39 Å². The number of nitrogens with two attached hydrogens (primary N) is 1. The van der Waals surface area contributed by atoms with Crippen LogP contribution in [0.3, 0.4) is 0 Å². The van der Waals surface area contributed by atoms with Crippen molar-refractivity contribution in [3.05, 3.63) is 34.1 Å². The molecule has 0 aliphatic rings. The Morgan fingerprint density at radius 2 is 2.25 bits per heavy atom. The third-order valence-corrected chi connectivity index (χ3v) is 2.59. The van der Waals surface area contributed by atoms with Gasteiger partial charge in [0.25, 0.3) is 0 Å². The van der Waals surface area contributed by atoms with Gasteiger partial charge in [0.1, 0.15) is 11.9 Å². The van der Waals surface area contributed by atoms with Gasteiger partial charge in [-0.2, -0.15) is 0 Å². The maximum Gasteiger partial charge on any atom is 0.320 e. The van der Waals surface area contributed by atoms with Gasteiger partial charge in [-0.1, -0.05) is 24.6 Å². The van der Waals surface area contributed by atoms with E-state index in [9.17, 15) is 9.18 Å². The minimum atomic E-state index is -1.08. The van der Waals surface area contributed by atoms with Crippen LogP contribution in [0, 0.1) is 5.82 Å². The fourth-order valence-electron chi connectivity index (χ4n) is 1.42. The van der Waals surface area contributed by atoms with E-state index in [-0.39, 0.29) is 11.4 Å². The van der Waals surface area contributed by atoms with Gasteiger partial charge in [0.05, 0.1) is 5.02 Å². The zero-order valence-electron chi connectivity index (χ0n) is 8.84. The van der Waals surface area contributed by atoms with E-state index >= 15 is 0 Å². The van der Waals surface area contributed by atoms with Gasteiger partial charge in [-0.3, -0.25) is 4.79 Å². The molecule has 0 saturated heterocycles. The number of hydrogen-bond donors (Lipinski definition) is 2. The van der Waals surface area contributed by atoms with E-state index in [2.05, 4.69) is 0 Å². The van der Waals surface area contributed by atoms with Crippen molar-refractivity contribution in [1.29, 1.82) is 0 Å². The van der Waals surface area contributed by atoms with Gasteiger partial charge in [-0.05, 0) is 30.0 Å². The highest BCUT2D eigenvalue weighted by molar-refractivity contribution is 6.30. The highest BCUT2D eigenvalue weighted by Gasteiger charge is 2.14. The molecular weight excluding hydrogens is 233 g/mol. The summed E-state index contributed by atoms with van der Waals surface area (Å²) < 4.78 is 13.4. The normalized spacial score (nSPS) is 12.5. The average molecular weight is 246 g/mol. The van der Waals surface area contributed by atoms with Gasteiger partial charge in [0.15, 0.2) is 0 Å². The minimum absolute atomic E-state index is 0.00642. The number of hydrogen-bond acceptors (Lipinski definition) is 2. The molecular formula is C11H13ClFNO2. The summed E-state index contributed by atoms with van der Waals surface area (Å²) in [5, 5.41) is 8.67. The second-order valence-electron chi connectivity index (χ2n) is 3.55. The van der Waals surface area contributed by atoms with Gasteiger partial charge >= 0.3 is 5.97 Å². The van der Waals surface area contributed by atoms with E-state index in [1.54, 1.807) is 13.0 Å². The van der Waals surface area contributed by atoms with E-state index in [0.29, 0.717) is 17.5 Å². The van der Waals surface area contributed by atoms with E-state index in [4.69, 9.17) is 22.4 Å². The maximum absolute atomic E-state index is 13.4. The fourth-order valence-corrected chi connectivity index (χ4v) is 1.69. The number of benzene rings is 1. The van der Waals surface area contributed by atoms with Crippen molar-refractivity contribution in [2.24, 2.45) is 5.73 Å². The van der Waals surface area contributed by atoms with Gasteiger partial charge in [0.2, 0.25) is 0 Å². The number of halogens is 2. The standard InChI is InChI=1S/C11H13ClFNO2/c1-2-7-3-6(4-8(12)10(7)13)5-9(14)11(15)16/h3-4,9H,2,5,14H2,1H3,(H,15,16). The Hall–Kier alpha value is -1.13. The SMILES string of the molecule is CCc1cc(CC(N)C(=O)O)cc(Cl)c1F. The topological polar surface area (TPSA) is 63.3 Å². The third-order valence-electron chi connectivity index (χ3n) is 2.32. The Balaban J connectivity index is 2.98. The molecule has 3 nitrogen and oxygen atoms in total. The first kappa shape index (κ1) is 12.9. The molecule has 0 aromatic heterocycles. The van der Waals surface area contributed by atoms with Crippen molar-refractivity contribution in [1.82, 2.24) is 0 Å². The molecule has 0 spiro atoms. The summed E-state index contributed by atoms with van der Waals surface area (Å²) in [7, 11) is 0. The van der Waals surface area contributed by atoms with Crippen LogP contribution in [0.15, 0.2) is 12.1 Å². The Kier molecular flexibility index (Phi) is 4.26. The molecule has 0 aliphatic heterocycles. The summed E-state index contributed by atoms with van der Waals surface area (Å²) in [6.07, 6.45) is 0.643. The molecule has 0 bridgehead atoms. The van der Waals surface area contributed by atoms with Crippen LogP contribution < -0.4 is 5.73 Å². The Morgan fingerprint density at radius 1 is 1.62 bits per heavy atom. The second-order valence-corrected chi connectivity index (χ2v) is 3.96. The van der Waals surface area contributed by atoms with Crippen LogP contribution in [-0.4, -0.2) is 17.1 Å². The predicted molar refractivity (Wildman–Crippen MR) is 60.1 cm³/mol. The zero-order valence-corrected chi connectivity index (χ0v) is 9.59. The molecule has 88 valence electrons. The van der Waals surface area contributed by atoms with Gasteiger partial charge in [-0.15, -0.1) is 0 Å². The molecule has 1 atom stereocenters. The molecule has 0 fully saturated rings. The maximum atomic E-state index is 13.4. The number of aryl methyl sites for hydroxylation is 1. The quantitative estimate of drug-likeness (QED) is 0.853. The largest absolute Gasteiger partial charge is 0.480 e. The lowest BCUT2D eigenvalue weighted by Gasteiger charge is -2.09. The molecule has 16 heavy (non-hydrogen) atoms. The lowest BCUT2D eigenvalue weighted by molar-refractivity contribution is -0.138. The van der Waals surface area contributed by atoms with Crippen molar-refractivity contribution < 1.29 is 14.3 Å². The molecule has 0 saturated carbocycles. The van der Waals surface area contributed by atoms with Crippen LogP contribution in [0.2, 0.25) is 5.02 Å². The molecule has 3 N–H and O–H groups in total. The van der Waals surface area contributed by atoms with Gasteiger partial charge in [0, 0.05) is 0 Å². The number of aliphatic carboxylic acids is 1. The Bertz CT molecular complexity index is 409. The van der Waals surface area contributed by atoms with E-state index in [0.717, 1.165) is 0 Å². The van der Waals surface area contributed by atoms with Crippen molar-refractivity contribution in [2.75, 3.05) is 0 Å². The molecule has 1 aromatic carbocycles. The first-order valence-corrected chi connectivity index (χ1v) is 5.28. The van der Waals surface area contributed by atoms with Gasteiger partial charge < -0.3 is 10.8 Å². The highest BCUT2D eigenvalue weighted by atomic mass is 35.5. The van der Waals surface area contributed by atoms with Crippen molar-refractivity contribution in [2.45, 2.75) is 25.8 Å². The van der Waals surface area contributed by atoms with E-state index in [1.165, 1.54) is 6.07 Å². The summed E-state index contributed by atoms with van der Waals surface area (Å²) >= 11 is 5.70. The Morgan fingerprint density at radius 3 is 2.75 bits per heavy atom. The lowest BCUT2D eigenvalue weighted by Crippen LogP contribution is -2.32. The smallest absolute Gasteiger partial charge is 0.320 e. The monoisotopic (exact) mass is 245 g/mol. The molecule has 1 aromatic rings. The molecule has 0 heterocycles. The number of carbonyl (C=O) groups is 1. The van der Waals surface area contributed by atoms with Crippen molar-refractivity contribution in [3.8, 4) is 0 Å². The highest BCUT2D eigenvalue weighted by Crippen LogP contribution is 2.22. The summed E-state index contributed by atoms with van der Waals surface area (Å²) in [6.45, 7) is 1.80. The second kappa shape index (κ2) is 5.27. The van der Waals surface area contributed by atoms with Crippen LogP contribution in [0.25, 0.3) is 0 Å². The Labute approximate surface area is 98.0 Å². The lowest BCUT2D eigenvalue weighted by atomic mass is 10.0. The minimum Gasteiger partial charge on any atom is -0.480 e. The predicted octanol–water partition coefficient (Wildman–Crippen LogP) is 2.00. The molecule has 1 unspecified atom stereocenters. The number of carboxylic acids is 1. The number of rotatable bonds is 4. The first-order chi connectivity index (χ1) is 7.45. The van der Waals surface area contributed by atoms with E-state index in [1.807, 2.05) is 0 Å².